The Morgan fingerprint density at radius 2 is 1.58 bits per heavy atom. The fourth-order valence-corrected chi connectivity index (χ4v) is 5.40. The number of sulfonamides is 1. The standard InChI is InChI=1S/C20H30N4O6S/c1-20(2,3)30-19(25)22-14-12-21(13-15-22)16-8-10-23(11-9-16)31(28,29)18-6-4-17(5-7-18)24(26)27/h4-7,16H,8-15H2,1-3H3. The molecular weight excluding hydrogens is 424 g/mol. The fraction of sp³-hybridized carbons (Fsp3) is 0.650. The second kappa shape index (κ2) is 9.09. The van der Waals surface area contributed by atoms with Gasteiger partial charge in [0, 0.05) is 57.4 Å². The lowest BCUT2D eigenvalue weighted by molar-refractivity contribution is -0.384. The summed E-state index contributed by atoms with van der Waals surface area (Å²) < 4.78 is 32.6. The molecule has 2 aliphatic heterocycles. The van der Waals surface area contributed by atoms with E-state index in [0.717, 1.165) is 13.1 Å². The summed E-state index contributed by atoms with van der Waals surface area (Å²) in [5.74, 6) is 0. The van der Waals surface area contributed by atoms with Gasteiger partial charge in [-0.05, 0) is 45.7 Å². The molecule has 0 saturated carbocycles. The van der Waals surface area contributed by atoms with E-state index in [0.29, 0.717) is 39.0 Å². The van der Waals surface area contributed by atoms with Gasteiger partial charge in [0.25, 0.3) is 5.69 Å². The summed E-state index contributed by atoms with van der Waals surface area (Å²) in [5.41, 5.74) is -0.654. The Morgan fingerprint density at radius 1 is 1.03 bits per heavy atom. The van der Waals surface area contributed by atoms with E-state index in [9.17, 15) is 23.3 Å². The third-order valence-corrected chi connectivity index (χ3v) is 7.50. The first kappa shape index (κ1) is 23.4. The van der Waals surface area contributed by atoms with Gasteiger partial charge in [-0.3, -0.25) is 15.0 Å². The van der Waals surface area contributed by atoms with Crippen LogP contribution in [-0.4, -0.2) is 84.5 Å². The highest BCUT2D eigenvalue weighted by Crippen LogP contribution is 2.25. The zero-order valence-corrected chi connectivity index (χ0v) is 19.0. The average Bonchev–Trinajstić information content (AvgIpc) is 2.73. The van der Waals surface area contributed by atoms with Crippen molar-refractivity contribution < 1.29 is 22.9 Å². The summed E-state index contributed by atoms with van der Waals surface area (Å²) in [6, 6.07) is 5.27. The molecule has 0 bridgehead atoms. The van der Waals surface area contributed by atoms with Crippen molar-refractivity contribution in [2.24, 2.45) is 0 Å². The van der Waals surface area contributed by atoms with E-state index in [1.165, 1.54) is 28.6 Å². The highest BCUT2D eigenvalue weighted by Gasteiger charge is 2.34. The minimum Gasteiger partial charge on any atom is -0.444 e. The molecule has 0 radical (unpaired) electrons. The average molecular weight is 455 g/mol. The Labute approximate surface area is 182 Å². The van der Waals surface area contributed by atoms with E-state index >= 15 is 0 Å². The van der Waals surface area contributed by atoms with Gasteiger partial charge in [-0.25, -0.2) is 13.2 Å². The van der Waals surface area contributed by atoms with Crippen LogP contribution in [0.5, 0.6) is 0 Å². The minimum absolute atomic E-state index is 0.0718. The molecule has 2 fully saturated rings. The van der Waals surface area contributed by atoms with Gasteiger partial charge in [-0.2, -0.15) is 4.31 Å². The number of carbonyl (C=O) groups excluding carboxylic acids is 1. The topological polar surface area (TPSA) is 113 Å². The maximum Gasteiger partial charge on any atom is 0.410 e. The van der Waals surface area contributed by atoms with E-state index in [-0.39, 0.29) is 22.7 Å². The van der Waals surface area contributed by atoms with Crippen molar-refractivity contribution in [1.29, 1.82) is 0 Å². The molecule has 31 heavy (non-hydrogen) atoms. The molecule has 0 aromatic heterocycles. The molecule has 11 heteroatoms. The smallest absolute Gasteiger partial charge is 0.410 e. The highest BCUT2D eigenvalue weighted by molar-refractivity contribution is 7.89. The molecule has 1 aromatic rings. The zero-order chi connectivity index (χ0) is 22.8. The molecular formula is C20H30N4O6S. The Hall–Kier alpha value is -2.24. The predicted octanol–water partition coefficient (Wildman–Crippen LogP) is 2.30. The van der Waals surface area contributed by atoms with E-state index in [4.69, 9.17) is 4.74 Å². The summed E-state index contributed by atoms with van der Waals surface area (Å²) in [5, 5.41) is 10.8. The molecule has 0 spiro atoms. The Morgan fingerprint density at radius 3 is 2.06 bits per heavy atom. The van der Waals surface area contributed by atoms with Crippen LogP contribution in [0.25, 0.3) is 0 Å². The lowest BCUT2D eigenvalue weighted by Gasteiger charge is -2.42. The molecule has 1 amide bonds. The van der Waals surface area contributed by atoms with Gasteiger partial charge < -0.3 is 9.64 Å². The summed E-state index contributed by atoms with van der Waals surface area (Å²) in [4.78, 5) is 26.6. The van der Waals surface area contributed by atoms with E-state index in [2.05, 4.69) is 4.90 Å². The fourth-order valence-electron chi connectivity index (χ4n) is 3.93. The molecule has 0 N–H and O–H groups in total. The molecule has 3 rings (SSSR count). The number of piperazine rings is 1. The van der Waals surface area contributed by atoms with Crippen LogP contribution in [0.3, 0.4) is 0 Å². The molecule has 172 valence electrons. The van der Waals surface area contributed by atoms with Crippen molar-refractivity contribution in [2.45, 2.75) is 50.2 Å². The Kier molecular flexibility index (Phi) is 6.87. The van der Waals surface area contributed by atoms with Crippen LogP contribution in [0.4, 0.5) is 10.5 Å². The van der Waals surface area contributed by atoms with Crippen molar-refractivity contribution in [3.63, 3.8) is 0 Å². The van der Waals surface area contributed by atoms with E-state index in [1.54, 1.807) is 4.90 Å². The van der Waals surface area contributed by atoms with E-state index in [1.807, 2.05) is 20.8 Å². The number of carbonyl (C=O) groups is 1. The van der Waals surface area contributed by atoms with Crippen molar-refractivity contribution in [1.82, 2.24) is 14.1 Å². The van der Waals surface area contributed by atoms with Crippen LogP contribution in [0.2, 0.25) is 0 Å². The number of rotatable bonds is 4. The quantitative estimate of drug-likeness (QED) is 0.507. The number of non-ortho nitro benzene ring substituents is 1. The maximum atomic E-state index is 12.9. The number of ether oxygens (including phenoxy) is 1. The zero-order valence-electron chi connectivity index (χ0n) is 18.2. The SMILES string of the molecule is CC(C)(C)OC(=O)N1CCN(C2CCN(S(=O)(=O)c3ccc([N+](=O)[O-])cc3)CC2)CC1. The van der Waals surface area contributed by atoms with Gasteiger partial charge in [-0.1, -0.05) is 0 Å². The molecule has 2 saturated heterocycles. The molecule has 0 atom stereocenters. The number of benzene rings is 1. The first-order valence-corrected chi connectivity index (χ1v) is 11.9. The molecule has 2 heterocycles. The lowest BCUT2D eigenvalue weighted by atomic mass is 10.0. The van der Waals surface area contributed by atoms with Crippen molar-refractivity contribution in [3.05, 3.63) is 34.4 Å². The number of piperidine rings is 1. The van der Waals surface area contributed by atoms with Gasteiger partial charge >= 0.3 is 6.09 Å². The number of nitro benzene ring substituents is 1. The lowest BCUT2D eigenvalue weighted by Crippen LogP contribution is -2.55. The number of nitrogens with zero attached hydrogens (tertiary/aromatic N) is 4. The van der Waals surface area contributed by atoms with Crippen LogP contribution in [0, 0.1) is 10.1 Å². The monoisotopic (exact) mass is 454 g/mol. The van der Waals surface area contributed by atoms with Crippen LogP contribution in [0.15, 0.2) is 29.2 Å². The van der Waals surface area contributed by atoms with Gasteiger partial charge in [0.05, 0.1) is 9.82 Å². The second-order valence-electron chi connectivity index (χ2n) is 8.89. The first-order chi connectivity index (χ1) is 14.5. The molecule has 2 aliphatic rings. The van der Waals surface area contributed by atoms with Crippen molar-refractivity contribution in [2.75, 3.05) is 39.3 Å². The van der Waals surface area contributed by atoms with Crippen molar-refractivity contribution >= 4 is 21.8 Å². The third kappa shape index (κ3) is 5.72. The summed E-state index contributed by atoms with van der Waals surface area (Å²) in [7, 11) is -3.67. The molecule has 0 unspecified atom stereocenters. The molecule has 1 aromatic carbocycles. The van der Waals surface area contributed by atoms with Gasteiger partial charge in [0.1, 0.15) is 5.60 Å². The maximum absolute atomic E-state index is 12.9. The van der Waals surface area contributed by atoms with Crippen LogP contribution < -0.4 is 0 Å². The third-order valence-electron chi connectivity index (χ3n) is 5.59. The van der Waals surface area contributed by atoms with Gasteiger partial charge in [0.2, 0.25) is 10.0 Å². The molecule has 0 aliphatic carbocycles. The largest absolute Gasteiger partial charge is 0.444 e. The highest BCUT2D eigenvalue weighted by atomic mass is 32.2. The summed E-state index contributed by atoms with van der Waals surface area (Å²) >= 11 is 0. The molecule has 10 nitrogen and oxygen atoms in total. The normalized spacial score (nSPS) is 19.9. The number of hydrogen-bond donors (Lipinski definition) is 0. The predicted molar refractivity (Wildman–Crippen MR) is 114 cm³/mol. The summed E-state index contributed by atoms with van der Waals surface area (Å²) in [6.07, 6.45) is 1.12. The number of nitro groups is 1. The summed E-state index contributed by atoms with van der Waals surface area (Å²) in [6.45, 7) is 9.00. The number of amides is 1. The van der Waals surface area contributed by atoms with Crippen LogP contribution in [-0.2, 0) is 14.8 Å². The minimum atomic E-state index is -3.67. The van der Waals surface area contributed by atoms with Crippen LogP contribution in [0.1, 0.15) is 33.6 Å². The second-order valence-corrected chi connectivity index (χ2v) is 10.8. The van der Waals surface area contributed by atoms with Crippen molar-refractivity contribution in [3.8, 4) is 0 Å². The first-order valence-electron chi connectivity index (χ1n) is 10.4. The van der Waals surface area contributed by atoms with Gasteiger partial charge in [-0.15, -0.1) is 0 Å². The Bertz CT molecular complexity index is 897. The van der Waals surface area contributed by atoms with E-state index < -0.39 is 20.5 Å². The Balaban J connectivity index is 1.52. The van der Waals surface area contributed by atoms with Gasteiger partial charge in [0.15, 0.2) is 0 Å². The van der Waals surface area contributed by atoms with Crippen LogP contribution >= 0.6 is 0 Å². The number of hydrogen-bond acceptors (Lipinski definition) is 7.